The third-order valence-corrected chi connectivity index (χ3v) is 1.34. The second kappa shape index (κ2) is 3.91. The van der Waals surface area contributed by atoms with Crippen LogP contribution in [0.15, 0.2) is 0 Å². The van der Waals surface area contributed by atoms with Crippen molar-refractivity contribution < 1.29 is 4.74 Å². The minimum absolute atomic E-state index is 0.0959. The predicted octanol–water partition coefficient (Wildman–Crippen LogP) is 0.0875. The Kier molecular flexibility index (Phi) is 3.86. The van der Waals surface area contributed by atoms with E-state index >= 15 is 0 Å². The van der Waals surface area contributed by atoms with Crippen molar-refractivity contribution in [2.75, 3.05) is 13.1 Å². The number of ether oxygens (including phenoxy) is 1. The fourth-order valence-corrected chi connectivity index (χ4v) is 0.641. The van der Waals surface area contributed by atoms with Crippen LogP contribution < -0.4 is 11.5 Å². The van der Waals surface area contributed by atoms with Gasteiger partial charge >= 0.3 is 0 Å². The van der Waals surface area contributed by atoms with E-state index in [0.29, 0.717) is 13.1 Å². The van der Waals surface area contributed by atoms with Crippen LogP contribution >= 0.6 is 0 Å². The summed E-state index contributed by atoms with van der Waals surface area (Å²) in [5, 5.41) is 0. The lowest BCUT2D eigenvalue weighted by atomic mass is 10.1. The zero-order valence-electron chi connectivity index (χ0n) is 7.05. The van der Waals surface area contributed by atoms with Crippen molar-refractivity contribution in [1.82, 2.24) is 0 Å². The molecule has 1 atom stereocenters. The van der Waals surface area contributed by atoms with E-state index < -0.39 is 0 Å². The van der Waals surface area contributed by atoms with Gasteiger partial charge < -0.3 is 16.2 Å². The van der Waals surface area contributed by atoms with Crippen LogP contribution in [0.25, 0.3) is 0 Å². The molecule has 0 spiro atoms. The normalized spacial score (nSPS) is 15.3. The molecule has 0 amide bonds. The molecule has 0 aromatic carbocycles. The van der Waals surface area contributed by atoms with E-state index in [1.165, 1.54) is 0 Å². The maximum Gasteiger partial charge on any atom is 0.0752 e. The maximum absolute atomic E-state index is 5.49. The highest BCUT2D eigenvalue weighted by Gasteiger charge is 2.18. The van der Waals surface area contributed by atoms with Crippen LogP contribution in [0.1, 0.15) is 20.8 Å². The average Bonchev–Trinajstić information content (AvgIpc) is 1.87. The largest absolute Gasteiger partial charge is 0.370 e. The lowest BCUT2D eigenvalue weighted by Crippen LogP contribution is -2.39. The van der Waals surface area contributed by atoms with E-state index in [4.69, 9.17) is 16.2 Å². The van der Waals surface area contributed by atoms with Crippen molar-refractivity contribution in [3.63, 3.8) is 0 Å². The Labute approximate surface area is 62.7 Å². The molecule has 0 aromatic rings. The Morgan fingerprint density at radius 2 is 1.90 bits per heavy atom. The molecule has 3 nitrogen and oxygen atoms in total. The lowest BCUT2D eigenvalue weighted by molar-refractivity contribution is -0.0528. The maximum atomic E-state index is 5.49. The van der Waals surface area contributed by atoms with Gasteiger partial charge in [0.05, 0.1) is 11.7 Å². The number of hydrogen-bond donors (Lipinski definition) is 2. The van der Waals surface area contributed by atoms with Gasteiger partial charge in [-0.2, -0.15) is 0 Å². The Morgan fingerprint density at radius 1 is 1.40 bits per heavy atom. The van der Waals surface area contributed by atoms with Crippen LogP contribution in [0.4, 0.5) is 0 Å². The molecule has 10 heavy (non-hydrogen) atoms. The molecule has 0 fully saturated rings. The Morgan fingerprint density at radius 3 is 2.20 bits per heavy atom. The van der Waals surface area contributed by atoms with Gasteiger partial charge in [-0.25, -0.2) is 0 Å². The second-order valence-electron chi connectivity index (χ2n) is 3.13. The zero-order chi connectivity index (χ0) is 8.20. The summed E-state index contributed by atoms with van der Waals surface area (Å²) in [5.74, 6) is 0. The van der Waals surface area contributed by atoms with E-state index in [1.807, 2.05) is 20.8 Å². The molecule has 0 aliphatic rings. The van der Waals surface area contributed by atoms with Gasteiger partial charge in [0.15, 0.2) is 0 Å². The van der Waals surface area contributed by atoms with E-state index in [-0.39, 0.29) is 11.7 Å². The molecule has 3 heteroatoms. The average molecular weight is 146 g/mol. The first-order valence-corrected chi connectivity index (χ1v) is 3.60. The highest BCUT2D eigenvalue weighted by Crippen LogP contribution is 2.08. The second-order valence-corrected chi connectivity index (χ2v) is 3.13. The highest BCUT2D eigenvalue weighted by atomic mass is 16.5. The molecule has 0 aliphatic heterocycles. The Balaban J connectivity index is 3.64. The molecule has 0 saturated heterocycles. The monoisotopic (exact) mass is 146 g/mol. The molecule has 0 aromatic heterocycles. The first-order valence-electron chi connectivity index (χ1n) is 3.60. The van der Waals surface area contributed by atoms with Crippen LogP contribution in [0, 0.1) is 0 Å². The third-order valence-electron chi connectivity index (χ3n) is 1.34. The van der Waals surface area contributed by atoms with Gasteiger partial charge in [0.2, 0.25) is 0 Å². The molecular weight excluding hydrogens is 128 g/mol. The summed E-state index contributed by atoms with van der Waals surface area (Å²) in [6.07, 6.45) is 0.0959. The lowest BCUT2D eigenvalue weighted by Gasteiger charge is -2.26. The molecule has 62 valence electrons. The number of hydrogen-bond acceptors (Lipinski definition) is 3. The molecule has 0 aliphatic carbocycles. The summed E-state index contributed by atoms with van der Waals surface area (Å²) < 4.78 is 5.49. The fraction of sp³-hybridized carbons (Fsp3) is 1.00. The topological polar surface area (TPSA) is 61.3 Å². The van der Waals surface area contributed by atoms with Gasteiger partial charge in [-0.05, 0) is 20.8 Å². The van der Waals surface area contributed by atoms with E-state index in [0.717, 1.165) is 0 Å². The summed E-state index contributed by atoms with van der Waals surface area (Å²) in [4.78, 5) is 0. The van der Waals surface area contributed by atoms with E-state index in [2.05, 4.69) is 0 Å². The SMILES string of the molecule is CC(CN)OC(C)(C)CN. The number of nitrogens with two attached hydrogens (primary N) is 2. The van der Waals surface area contributed by atoms with Gasteiger partial charge in [0.1, 0.15) is 0 Å². The van der Waals surface area contributed by atoms with Gasteiger partial charge in [0, 0.05) is 13.1 Å². The van der Waals surface area contributed by atoms with Crippen LogP contribution in [-0.4, -0.2) is 24.8 Å². The van der Waals surface area contributed by atoms with Crippen molar-refractivity contribution in [1.29, 1.82) is 0 Å². The fourth-order valence-electron chi connectivity index (χ4n) is 0.641. The quantitative estimate of drug-likeness (QED) is 0.591. The summed E-state index contributed by atoms with van der Waals surface area (Å²) in [6, 6.07) is 0. The first kappa shape index (κ1) is 9.88. The molecule has 4 N–H and O–H groups in total. The van der Waals surface area contributed by atoms with Crippen LogP contribution in [-0.2, 0) is 4.74 Å². The molecule has 0 rings (SSSR count). The van der Waals surface area contributed by atoms with Crippen molar-refractivity contribution in [3.8, 4) is 0 Å². The van der Waals surface area contributed by atoms with Crippen LogP contribution in [0.5, 0.6) is 0 Å². The summed E-state index contributed by atoms with van der Waals surface area (Å²) in [5.41, 5.74) is 10.6. The molecule has 0 heterocycles. The summed E-state index contributed by atoms with van der Waals surface area (Å²) in [6.45, 7) is 6.93. The minimum Gasteiger partial charge on any atom is -0.370 e. The smallest absolute Gasteiger partial charge is 0.0752 e. The molecule has 0 saturated carbocycles. The summed E-state index contributed by atoms with van der Waals surface area (Å²) in [7, 11) is 0. The van der Waals surface area contributed by atoms with Crippen molar-refractivity contribution in [2.24, 2.45) is 11.5 Å². The Hall–Kier alpha value is -0.120. The van der Waals surface area contributed by atoms with Crippen LogP contribution in [0.2, 0.25) is 0 Å². The number of rotatable bonds is 4. The van der Waals surface area contributed by atoms with Gasteiger partial charge in [-0.3, -0.25) is 0 Å². The zero-order valence-corrected chi connectivity index (χ0v) is 7.05. The van der Waals surface area contributed by atoms with Crippen molar-refractivity contribution in [3.05, 3.63) is 0 Å². The van der Waals surface area contributed by atoms with Gasteiger partial charge in [-0.15, -0.1) is 0 Å². The van der Waals surface area contributed by atoms with E-state index in [1.54, 1.807) is 0 Å². The Bertz CT molecular complexity index is 93.6. The molecule has 0 bridgehead atoms. The standard InChI is InChI=1S/C7H18N2O/c1-6(4-8)10-7(2,3)5-9/h6H,4-5,8-9H2,1-3H3. The summed E-state index contributed by atoms with van der Waals surface area (Å²) >= 11 is 0. The van der Waals surface area contributed by atoms with Crippen molar-refractivity contribution >= 4 is 0 Å². The van der Waals surface area contributed by atoms with Crippen LogP contribution in [0.3, 0.4) is 0 Å². The third kappa shape index (κ3) is 3.82. The van der Waals surface area contributed by atoms with Gasteiger partial charge in [0.25, 0.3) is 0 Å². The minimum atomic E-state index is -0.237. The first-order chi connectivity index (χ1) is 4.52. The van der Waals surface area contributed by atoms with Crippen molar-refractivity contribution in [2.45, 2.75) is 32.5 Å². The molecule has 0 radical (unpaired) electrons. The molecule has 1 unspecified atom stereocenters. The predicted molar refractivity (Wildman–Crippen MR) is 42.7 cm³/mol. The molecular formula is C7H18N2O. The van der Waals surface area contributed by atoms with Gasteiger partial charge in [-0.1, -0.05) is 0 Å². The van der Waals surface area contributed by atoms with E-state index in [9.17, 15) is 0 Å². The highest BCUT2D eigenvalue weighted by molar-refractivity contribution is 4.70.